The molecule has 1 aliphatic rings. The fourth-order valence-electron chi connectivity index (χ4n) is 1.53. The minimum atomic E-state index is 0.235. The number of nitrogens with zero attached hydrogens (tertiary/aromatic N) is 2. The molecule has 76 valence electrons. The molecular formula is C9H19N3O. The van der Waals surface area contributed by atoms with Gasteiger partial charge in [0.25, 0.3) is 0 Å². The maximum Gasteiger partial charge on any atom is 0.236 e. The second kappa shape index (κ2) is 4.58. The molecule has 1 rings (SSSR count). The molecule has 0 spiro atoms. The van der Waals surface area contributed by atoms with Gasteiger partial charge in [-0.25, -0.2) is 0 Å². The summed E-state index contributed by atoms with van der Waals surface area (Å²) >= 11 is 0. The zero-order valence-electron chi connectivity index (χ0n) is 8.71. The Morgan fingerprint density at radius 3 is 2.85 bits per heavy atom. The number of piperazine rings is 1. The molecule has 0 radical (unpaired) electrons. The molecule has 0 aliphatic carbocycles. The molecule has 1 heterocycles. The van der Waals surface area contributed by atoms with Crippen LogP contribution < -0.4 is 5.32 Å². The number of hydrogen-bond acceptors (Lipinski definition) is 3. The predicted octanol–water partition coefficient (Wildman–Crippen LogP) is -0.632. The summed E-state index contributed by atoms with van der Waals surface area (Å²) in [6.45, 7) is 5.23. The Hall–Kier alpha value is -0.610. The van der Waals surface area contributed by atoms with Crippen LogP contribution in [0.2, 0.25) is 0 Å². The Morgan fingerprint density at radius 2 is 2.31 bits per heavy atom. The zero-order valence-corrected chi connectivity index (χ0v) is 8.71. The summed E-state index contributed by atoms with van der Waals surface area (Å²) < 4.78 is 0. The number of nitrogens with one attached hydrogen (secondary N) is 1. The predicted molar refractivity (Wildman–Crippen MR) is 52.6 cm³/mol. The van der Waals surface area contributed by atoms with Gasteiger partial charge in [0.15, 0.2) is 0 Å². The van der Waals surface area contributed by atoms with Gasteiger partial charge in [-0.15, -0.1) is 0 Å². The van der Waals surface area contributed by atoms with Crippen molar-refractivity contribution in [2.75, 3.05) is 40.3 Å². The molecule has 4 heteroatoms. The number of rotatable bonds is 2. The highest BCUT2D eigenvalue weighted by molar-refractivity contribution is 5.78. The third-order valence-electron chi connectivity index (χ3n) is 2.17. The largest absolute Gasteiger partial charge is 0.339 e. The fourth-order valence-corrected chi connectivity index (χ4v) is 1.53. The molecule has 1 saturated heterocycles. The van der Waals surface area contributed by atoms with Crippen molar-refractivity contribution < 1.29 is 4.79 Å². The highest BCUT2D eigenvalue weighted by Gasteiger charge is 2.20. The molecule has 1 N–H and O–H groups in total. The van der Waals surface area contributed by atoms with Crippen LogP contribution in [0.3, 0.4) is 0 Å². The van der Waals surface area contributed by atoms with E-state index in [9.17, 15) is 4.79 Å². The first-order chi connectivity index (χ1) is 6.09. The van der Waals surface area contributed by atoms with Crippen LogP contribution in [0.4, 0.5) is 0 Å². The quantitative estimate of drug-likeness (QED) is 0.622. The highest BCUT2D eigenvalue weighted by Crippen LogP contribution is 1.99. The third-order valence-corrected chi connectivity index (χ3v) is 2.17. The van der Waals surface area contributed by atoms with Gasteiger partial charge in [-0.1, -0.05) is 0 Å². The molecule has 0 aromatic carbocycles. The average molecular weight is 185 g/mol. The second-order valence-corrected chi connectivity index (χ2v) is 3.93. The molecule has 0 aromatic heterocycles. The molecule has 1 fully saturated rings. The van der Waals surface area contributed by atoms with Gasteiger partial charge in [0, 0.05) is 25.7 Å². The first kappa shape index (κ1) is 10.5. The van der Waals surface area contributed by atoms with Crippen LogP contribution in [0.15, 0.2) is 0 Å². The normalized spacial score (nSPS) is 23.7. The maximum atomic E-state index is 11.6. The van der Waals surface area contributed by atoms with Gasteiger partial charge in [0.1, 0.15) is 0 Å². The van der Waals surface area contributed by atoms with E-state index in [0.717, 1.165) is 19.6 Å². The molecule has 0 saturated carbocycles. The fraction of sp³-hybridized carbons (Fsp3) is 0.889. The van der Waals surface area contributed by atoms with Crippen molar-refractivity contribution in [1.82, 2.24) is 15.1 Å². The van der Waals surface area contributed by atoms with Gasteiger partial charge >= 0.3 is 0 Å². The topological polar surface area (TPSA) is 35.6 Å². The molecule has 1 amide bonds. The summed E-state index contributed by atoms with van der Waals surface area (Å²) in [5, 5.41) is 3.31. The monoisotopic (exact) mass is 185 g/mol. The summed E-state index contributed by atoms with van der Waals surface area (Å²) in [5.41, 5.74) is 0. The van der Waals surface area contributed by atoms with E-state index in [1.54, 1.807) is 0 Å². The highest BCUT2D eigenvalue weighted by atomic mass is 16.2. The lowest BCUT2D eigenvalue weighted by Crippen LogP contribution is -2.53. The van der Waals surface area contributed by atoms with E-state index in [-0.39, 0.29) is 5.91 Å². The van der Waals surface area contributed by atoms with E-state index in [0.29, 0.717) is 12.6 Å². The van der Waals surface area contributed by atoms with Gasteiger partial charge in [-0.2, -0.15) is 0 Å². The molecule has 0 bridgehead atoms. The summed E-state index contributed by atoms with van der Waals surface area (Å²) in [6, 6.07) is 0.430. The van der Waals surface area contributed by atoms with E-state index in [1.807, 2.05) is 23.9 Å². The van der Waals surface area contributed by atoms with Crippen molar-refractivity contribution in [1.29, 1.82) is 0 Å². The van der Waals surface area contributed by atoms with Crippen molar-refractivity contribution in [3.05, 3.63) is 0 Å². The SMILES string of the molecule is C[C@@H]1CN(C(=O)CN(C)C)CCN1. The van der Waals surface area contributed by atoms with Gasteiger partial charge < -0.3 is 15.1 Å². The molecule has 1 aliphatic heterocycles. The Bertz CT molecular complexity index is 182. The number of hydrogen-bond donors (Lipinski definition) is 1. The molecular weight excluding hydrogens is 166 g/mol. The number of likely N-dealkylation sites (N-methyl/N-ethyl adjacent to an activating group) is 1. The van der Waals surface area contributed by atoms with Crippen molar-refractivity contribution in [2.45, 2.75) is 13.0 Å². The molecule has 0 aromatic rings. The van der Waals surface area contributed by atoms with E-state index < -0.39 is 0 Å². The summed E-state index contributed by atoms with van der Waals surface area (Å²) in [6.07, 6.45) is 0. The number of carbonyl (C=O) groups excluding carboxylic acids is 1. The van der Waals surface area contributed by atoms with Crippen molar-refractivity contribution in [2.24, 2.45) is 0 Å². The minimum Gasteiger partial charge on any atom is -0.339 e. The zero-order chi connectivity index (χ0) is 9.84. The lowest BCUT2D eigenvalue weighted by Gasteiger charge is -2.32. The van der Waals surface area contributed by atoms with Crippen LogP contribution in [0.1, 0.15) is 6.92 Å². The first-order valence-electron chi connectivity index (χ1n) is 4.75. The first-order valence-corrected chi connectivity index (χ1v) is 4.75. The Morgan fingerprint density at radius 1 is 1.62 bits per heavy atom. The third kappa shape index (κ3) is 3.32. The Kier molecular flexibility index (Phi) is 3.69. The second-order valence-electron chi connectivity index (χ2n) is 3.93. The van der Waals surface area contributed by atoms with Gasteiger partial charge in [-0.3, -0.25) is 4.79 Å². The summed E-state index contributed by atoms with van der Waals surface area (Å²) in [4.78, 5) is 15.5. The molecule has 0 unspecified atom stereocenters. The standard InChI is InChI=1S/C9H19N3O/c1-8-6-12(5-4-10-8)9(13)7-11(2)3/h8,10H,4-7H2,1-3H3/t8-/m1/s1. The van der Waals surface area contributed by atoms with Crippen LogP contribution in [-0.2, 0) is 4.79 Å². The Balaban J connectivity index is 2.37. The minimum absolute atomic E-state index is 0.235. The summed E-state index contributed by atoms with van der Waals surface area (Å²) in [5.74, 6) is 0.235. The number of amides is 1. The lowest BCUT2D eigenvalue weighted by molar-refractivity contribution is -0.132. The number of carbonyl (C=O) groups is 1. The van der Waals surface area contributed by atoms with Crippen LogP contribution >= 0.6 is 0 Å². The van der Waals surface area contributed by atoms with Crippen LogP contribution in [0.25, 0.3) is 0 Å². The summed E-state index contributed by atoms with van der Waals surface area (Å²) in [7, 11) is 3.84. The van der Waals surface area contributed by atoms with Gasteiger partial charge in [0.2, 0.25) is 5.91 Å². The van der Waals surface area contributed by atoms with Crippen molar-refractivity contribution >= 4 is 5.91 Å². The molecule has 4 nitrogen and oxygen atoms in total. The van der Waals surface area contributed by atoms with Crippen molar-refractivity contribution in [3.8, 4) is 0 Å². The Labute approximate surface area is 79.9 Å². The van der Waals surface area contributed by atoms with E-state index in [2.05, 4.69) is 12.2 Å². The van der Waals surface area contributed by atoms with Gasteiger partial charge in [-0.05, 0) is 21.0 Å². The smallest absolute Gasteiger partial charge is 0.236 e. The lowest BCUT2D eigenvalue weighted by atomic mass is 10.2. The van der Waals surface area contributed by atoms with Crippen LogP contribution in [0.5, 0.6) is 0 Å². The van der Waals surface area contributed by atoms with Crippen LogP contribution in [0, 0.1) is 0 Å². The van der Waals surface area contributed by atoms with Gasteiger partial charge in [0.05, 0.1) is 6.54 Å². The van der Waals surface area contributed by atoms with E-state index in [1.165, 1.54) is 0 Å². The molecule has 13 heavy (non-hydrogen) atoms. The molecule has 1 atom stereocenters. The maximum absolute atomic E-state index is 11.6. The average Bonchev–Trinajstić information content (AvgIpc) is 2.03. The van der Waals surface area contributed by atoms with Crippen LogP contribution in [-0.4, -0.2) is 62.0 Å². The van der Waals surface area contributed by atoms with E-state index in [4.69, 9.17) is 0 Å². The van der Waals surface area contributed by atoms with Crippen molar-refractivity contribution in [3.63, 3.8) is 0 Å². The van der Waals surface area contributed by atoms with E-state index >= 15 is 0 Å².